The van der Waals surface area contributed by atoms with E-state index in [2.05, 4.69) is 11.1 Å². The molecule has 0 aromatic carbocycles. The number of aromatic nitrogens is 1. The number of ether oxygens (including phenoxy) is 2. The molecule has 2 heterocycles. The maximum Gasteiger partial charge on any atom is 0.410 e. The van der Waals surface area contributed by atoms with Crippen LogP contribution in [-0.2, 0) is 4.74 Å². The maximum atomic E-state index is 12.0. The van der Waals surface area contributed by atoms with Crippen LogP contribution in [-0.4, -0.2) is 41.3 Å². The largest absolute Gasteiger partial charge is 0.478 e. The number of amides is 1. The van der Waals surface area contributed by atoms with Crippen molar-refractivity contribution in [2.24, 2.45) is 5.92 Å². The molecule has 6 heteroatoms. The van der Waals surface area contributed by atoms with E-state index >= 15 is 0 Å². The minimum absolute atomic E-state index is 0.227. The van der Waals surface area contributed by atoms with Crippen LogP contribution in [0.4, 0.5) is 4.79 Å². The second kappa shape index (κ2) is 8.00. The lowest BCUT2D eigenvalue weighted by atomic mass is 9.94. The molecule has 1 amide bonds. The van der Waals surface area contributed by atoms with Crippen molar-refractivity contribution >= 4 is 6.09 Å². The van der Waals surface area contributed by atoms with E-state index in [0.717, 1.165) is 32.4 Å². The van der Waals surface area contributed by atoms with Gasteiger partial charge in [0.1, 0.15) is 5.60 Å². The van der Waals surface area contributed by atoms with Crippen molar-refractivity contribution in [2.45, 2.75) is 45.6 Å². The van der Waals surface area contributed by atoms with Crippen molar-refractivity contribution in [3.05, 3.63) is 23.9 Å². The first-order valence-corrected chi connectivity index (χ1v) is 8.34. The van der Waals surface area contributed by atoms with Gasteiger partial charge in [-0.2, -0.15) is 5.26 Å². The van der Waals surface area contributed by atoms with Gasteiger partial charge in [-0.25, -0.2) is 9.78 Å². The van der Waals surface area contributed by atoms with Crippen molar-refractivity contribution in [3.8, 4) is 11.9 Å². The zero-order valence-electron chi connectivity index (χ0n) is 14.6. The molecule has 0 unspecified atom stereocenters. The van der Waals surface area contributed by atoms with E-state index in [4.69, 9.17) is 14.7 Å². The molecule has 6 nitrogen and oxygen atoms in total. The number of hydrogen-bond donors (Lipinski definition) is 0. The van der Waals surface area contributed by atoms with Crippen LogP contribution in [0.2, 0.25) is 0 Å². The Labute approximate surface area is 143 Å². The van der Waals surface area contributed by atoms with E-state index in [-0.39, 0.29) is 6.09 Å². The summed E-state index contributed by atoms with van der Waals surface area (Å²) in [6.07, 6.45) is 4.17. The average molecular weight is 331 g/mol. The molecule has 0 bridgehead atoms. The SMILES string of the molecule is CC(C)(C)OC(=O)N1CCC(CCOc2cc(C#N)ccn2)CC1. The highest BCUT2D eigenvalue weighted by Gasteiger charge is 2.26. The number of hydrogen-bond acceptors (Lipinski definition) is 5. The zero-order chi connectivity index (χ0) is 17.6. The average Bonchev–Trinajstić information content (AvgIpc) is 2.54. The number of nitrogens with zero attached hydrogens (tertiary/aromatic N) is 3. The van der Waals surface area contributed by atoms with Crippen molar-refractivity contribution in [1.82, 2.24) is 9.88 Å². The molecule has 1 aliphatic rings. The minimum Gasteiger partial charge on any atom is -0.478 e. The highest BCUT2D eigenvalue weighted by Crippen LogP contribution is 2.22. The minimum atomic E-state index is -0.452. The molecule has 1 saturated heterocycles. The van der Waals surface area contributed by atoms with Crippen LogP contribution < -0.4 is 4.74 Å². The Morgan fingerprint density at radius 2 is 2.12 bits per heavy atom. The molecule has 1 aromatic rings. The number of nitriles is 1. The van der Waals surface area contributed by atoms with Crippen LogP contribution in [0.25, 0.3) is 0 Å². The third-order valence-corrected chi connectivity index (χ3v) is 3.91. The van der Waals surface area contributed by atoms with Crippen LogP contribution in [0.1, 0.15) is 45.6 Å². The van der Waals surface area contributed by atoms with Gasteiger partial charge in [0.2, 0.25) is 5.88 Å². The fourth-order valence-corrected chi connectivity index (χ4v) is 2.62. The summed E-state index contributed by atoms with van der Waals surface area (Å²) in [5.41, 5.74) is 0.0953. The Hall–Kier alpha value is -2.29. The number of piperidine rings is 1. The summed E-state index contributed by atoms with van der Waals surface area (Å²) in [5, 5.41) is 8.86. The Bertz CT molecular complexity index is 596. The number of likely N-dealkylation sites (tertiary alicyclic amines) is 1. The molecule has 24 heavy (non-hydrogen) atoms. The normalized spacial score (nSPS) is 15.7. The topological polar surface area (TPSA) is 75.4 Å². The smallest absolute Gasteiger partial charge is 0.410 e. The predicted molar refractivity (Wildman–Crippen MR) is 89.6 cm³/mol. The monoisotopic (exact) mass is 331 g/mol. The summed E-state index contributed by atoms with van der Waals surface area (Å²) in [4.78, 5) is 17.9. The first kappa shape index (κ1) is 18.1. The van der Waals surface area contributed by atoms with E-state index < -0.39 is 5.60 Å². The van der Waals surface area contributed by atoms with E-state index in [9.17, 15) is 4.79 Å². The van der Waals surface area contributed by atoms with E-state index in [1.807, 2.05) is 20.8 Å². The molecular weight excluding hydrogens is 306 g/mol. The van der Waals surface area contributed by atoms with Gasteiger partial charge in [-0.3, -0.25) is 0 Å². The summed E-state index contributed by atoms with van der Waals surface area (Å²) in [7, 11) is 0. The third kappa shape index (κ3) is 5.73. The Morgan fingerprint density at radius 1 is 1.42 bits per heavy atom. The first-order valence-electron chi connectivity index (χ1n) is 8.34. The van der Waals surface area contributed by atoms with E-state index in [1.54, 1.807) is 23.2 Å². The summed E-state index contributed by atoms with van der Waals surface area (Å²) in [6.45, 7) is 7.65. The number of carbonyl (C=O) groups excluding carboxylic acids is 1. The predicted octanol–water partition coefficient (Wildman–Crippen LogP) is 3.37. The van der Waals surface area contributed by atoms with E-state index in [1.165, 1.54) is 0 Å². The van der Waals surface area contributed by atoms with Crippen LogP contribution >= 0.6 is 0 Å². The molecule has 130 valence electrons. The van der Waals surface area contributed by atoms with Crippen molar-refractivity contribution in [2.75, 3.05) is 19.7 Å². The standard InChI is InChI=1S/C18H25N3O3/c1-18(2,3)24-17(22)21-9-5-14(6-10-21)7-11-23-16-12-15(13-19)4-8-20-16/h4,8,12,14H,5-7,9-11H2,1-3H3. The summed E-state index contributed by atoms with van der Waals surface area (Å²) < 4.78 is 11.0. The lowest BCUT2D eigenvalue weighted by Crippen LogP contribution is -2.41. The molecule has 0 radical (unpaired) electrons. The second-order valence-corrected chi connectivity index (χ2v) is 7.04. The first-order chi connectivity index (χ1) is 11.4. The van der Waals surface area contributed by atoms with Crippen LogP contribution in [0.5, 0.6) is 5.88 Å². The second-order valence-electron chi connectivity index (χ2n) is 7.04. The van der Waals surface area contributed by atoms with Gasteiger partial charge in [-0.15, -0.1) is 0 Å². The van der Waals surface area contributed by atoms with Gasteiger partial charge < -0.3 is 14.4 Å². The van der Waals surface area contributed by atoms with Crippen molar-refractivity contribution in [3.63, 3.8) is 0 Å². The molecule has 1 aromatic heterocycles. The molecule has 0 atom stereocenters. The lowest BCUT2D eigenvalue weighted by molar-refractivity contribution is 0.0177. The Morgan fingerprint density at radius 3 is 2.75 bits per heavy atom. The third-order valence-electron chi connectivity index (χ3n) is 3.91. The van der Waals surface area contributed by atoms with Gasteiger partial charge in [-0.1, -0.05) is 0 Å². The number of carbonyl (C=O) groups is 1. The summed E-state index contributed by atoms with van der Waals surface area (Å²) in [5.74, 6) is 1.02. The van der Waals surface area contributed by atoms with Gasteiger partial charge in [-0.05, 0) is 52.0 Å². The lowest BCUT2D eigenvalue weighted by Gasteiger charge is -2.33. The molecule has 0 aliphatic carbocycles. The van der Waals surface area contributed by atoms with Crippen LogP contribution in [0.3, 0.4) is 0 Å². The van der Waals surface area contributed by atoms with Gasteiger partial charge in [0.15, 0.2) is 0 Å². The fraction of sp³-hybridized carbons (Fsp3) is 0.611. The van der Waals surface area contributed by atoms with Gasteiger partial charge >= 0.3 is 6.09 Å². The molecule has 0 N–H and O–H groups in total. The fourth-order valence-electron chi connectivity index (χ4n) is 2.62. The highest BCUT2D eigenvalue weighted by molar-refractivity contribution is 5.68. The molecule has 0 saturated carbocycles. The summed E-state index contributed by atoms with van der Waals surface area (Å²) in [6, 6.07) is 5.37. The van der Waals surface area contributed by atoms with Gasteiger partial charge in [0.25, 0.3) is 0 Å². The number of pyridine rings is 1. The molecule has 0 spiro atoms. The molecule has 2 rings (SSSR count). The van der Waals surface area contributed by atoms with Gasteiger partial charge in [0, 0.05) is 25.4 Å². The van der Waals surface area contributed by atoms with Crippen molar-refractivity contribution in [1.29, 1.82) is 5.26 Å². The molecule has 1 aliphatic heterocycles. The Balaban J connectivity index is 1.70. The maximum absolute atomic E-state index is 12.0. The number of rotatable bonds is 4. The van der Waals surface area contributed by atoms with Crippen molar-refractivity contribution < 1.29 is 14.3 Å². The highest BCUT2D eigenvalue weighted by atomic mass is 16.6. The quantitative estimate of drug-likeness (QED) is 0.845. The van der Waals surface area contributed by atoms with Crippen LogP contribution in [0.15, 0.2) is 18.3 Å². The molecule has 1 fully saturated rings. The summed E-state index contributed by atoms with van der Waals surface area (Å²) >= 11 is 0. The Kier molecular flexibility index (Phi) is 6.02. The van der Waals surface area contributed by atoms with E-state index in [0.29, 0.717) is 24.0 Å². The molecular formula is C18H25N3O3. The van der Waals surface area contributed by atoms with Crippen LogP contribution in [0, 0.1) is 17.2 Å². The zero-order valence-corrected chi connectivity index (χ0v) is 14.6. The van der Waals surface area contributed by atoms with Gasteiger partial charge in [0.05, 0.1) is 18.2 Å².